The Labute approximate surface area is 180 Å². The van der Waals surface area contributed by atoms with E-state index in [0.717, 1.165) is 31.5 Å². The van der Waals surface area contributed by atoms with Crippen LogP contribution in [0.1, 0.15) is 79.0 Å². The summed E-state index contributed by atoms with van der Waals surface area (Å²) in [6, 6.07) is 18.4. The standard InChI is InChI=1S/C26H33N3O/c1-2-29-23-15-14-19(26(30)28-20-11-6-7-12-20)17-22(23)24-21(13-8-16-27-24)25(29)18-9-4-3-5-10-18/h3-5,9-10,14-15,17,20-21,24-25,27H,2,6-8,11-13,16H2,1H3,(H,28,30). The van der Waals surface area contributed by atoms with Crippen LogP contribution in [0.25, 0.3) is 0 Å². The number of benzene rings is 2. The number of amides is 1. The van der Waals surface area contributed by atoms with Crippen molar-refractivity contribution in [2.24, 2.45) is 5.92 Å². The zero-order chi connectivity index (χ0) is 20.5. The highest BCUT2D eigenvalue weighted by Gasteiger charge is 2.42. The van der Waals surface area contributed by atoms with Crippen LogP contribution in [0.3, 0.4) is 0 Å². The average molecular weight is 404 g/mol. The van der Waals surface area contributed by atoms with Crippen molar-refractivity contribution in [1.82, 2.24) is 10.6 Å². The van der Waals surface area contributed by atoms with Crippen molar-refractivity contribution in [3.63, 3.8) is 0 Å². The number of nitrogens with one attached hydrogen (secondary N) is 2. The Hall–Kier alpha value is -2.33. The van der Waals surface area contributed by atoms with Gasteiger partial charge in [0.05, 0.1) is 6.04 Å². The van der Waals surface area contributed by atoms with Crippen LogP contribution in [0.15, 0.2) is 48.5 Å². The average Bonchev–Trinajstić information content (AvgIpc) is 3.31. The van der Waals surface area contributed by atoms with Gasteiger partial charge in [-0.05, 0) is 68.5 Å². The van der Waals surface area contributed by atoms with Gasteiger partial charge in [0, 0.05) is 35.8 Å². The predicted octanol–water partition coefficient (Wildman–Crippen LogP) is 4.98. The molecule has 4 heteroatoms. The molecule has 0 bridgehead atoms. The van der Waals surface area contributed by atoms with E-state index >= 15 is 0 Å². The van der Waals surface area contributed by atoms with Gasteiger partial charge in [-0.25, -0.2) is 0 Å². The van der Waals surface area contributed by atoms with Gasteiger partial charge in [-0.1, -0.05) is 43.2 Å². The van der Waals surface area contributed by atoms with E-state index in [-0.39, 0.29) is 5.91 Å². The van der Waals surface area contributed by atoms with Gasteiger partial charge in [-0.3, -0.25) is 4.79 Å². The largest absolute Gasteiger partial charge is 0.364 e. The molecule has 1 aliphatic carbocycles. The highest BCUT2D eigenvalue weighted by atomic mass is 16.1. The maximum atomic E-state index is 12.9. The summed E-state index contributed by atoms with van der Waals surface area (Å²) in [6.45, 7) is 4.26. The summed E-state index contributed by atoms with van der Waals surface area (Å²) in [5.74, 6) is 0.604. The van der Waals surface area contributed by atoms with Crippen molar-refractivity contribution >= 4 is 11.6 Å². The van der Waals surface area contributed by atoms with E-state index < -0.39 is 0 Å². The third-order valence-electron chi connectivity index (χ3n) is 7.35. The normalized spacial score (nSPS) is 26.2. The molecule has 4 nitrogen and oxygen atoms in total. The molecule has 3 aliphatic rings. The summed E-state index contributed by atoms with van der Waals surface area (Å²) in [4.78, 5) is 15.5. The topological polar surface area (TPSA) is 44.4 Å². The number of hydrogen-bond acceptors (Lipinski definition) is 3. The molecular weight excluding hydrogens is 370 g/mol. The molecule has 0 spiro atoms. The van der Waals surface area contributed by atoms with Crippen molar-refractivity contribution in [2.75, 3.05) is 18.0 Å². The molecule has 30 heavy (non-hydrogen) atoms. The molecule has 3 unspecified atom stereocenters. The lowest BCUT2D eigenvalue weighted by Gasteiger charge is -2.50. The van der Waals surface area contributed by atoms with Gasteiger partial charge < -0.3 is 15.5 Å². The third kappa shape index (κ3) is 3.51. The number of hydrogen-bond donors (Lipinski definition) is 2. The summed E-state index contributed by atoms with van der Waals surface area (Å²) >= 11 is 0. The molecule has 2 aromatic rings. The number of carbonyl (C=O) groups is 1. The Balaban J connectivity index is 1.51. The minimum absolute atomic E-state index is 0.0882. The van der Waals surface area contributed by atoms with Gasteiger partial charge in [0.15, 0.2) is 0 Å². The first-order chi connectivity index (χ1) is 14.8. The fourth-order valence-corrected chi connectivity index (χ4v) is 5.96. The second kappa shape index (κ2) is 8.43. The van der Waals surface area contributed by atoms with Crippen molar-refractivity contribution in [1.29, 1.82) is 0 Å². The summed E-state index contributed by atoms with van der Waals surface area (Å²) in [5.41, 5.74) is 4.78. The molecule has 5 rings (SSSR count). The van der Waals surface area contributed by atoms with Gasteiger partial charge in [0.2, 0.25) is 0 Å². The number of rotatable bonds is 4. The number of carbonyl (C=O) groups excluding carboxylic acids is 1. The van der Waals surface area contributed by atoms with Gasteiger partial charge in [-0.2, -0.15) is 0 Å². The van der Waals surface area contributed by atoms with Crippen LogP contribution in [-0.4, -0.2) is 25.0 Å². The lowest BCUT2D eigenvalue weighted by Crippen LogP contribution is -2.47. The van der Waals surface area contributed by atoms with E-state index in [1.54, 1.807) is 0 Å². The zero-order valence-electron chi connectivity index (χ0n) is 17.9. The molecule has 158 valence electrons. The highest BCUT2D eigenvalue weighted by Crippen LogP contribution is 2.50. The molecule has 2 heterocycles. The Morgan fingerprint density at radius 3 is 2.63 bits per heavy atom. The third-order valence-corrected chi connectivity index (χ3v) is 7.35. The minimum Gasteiger partial charge on any atom is -0.364 e. The number of anilines is 1. The fourth-order valence-electron chi connectivity index (χ4n) is 5.96. The van der Waals surface area contributed by atoms with Gasteiger partial charge in [0.25, 0.3) is 5.91 Å². The van der Waals surface area contributed by atoms with Crippen LogP contribution >= 0.6 is 0 Å². The van der Waals surface area contributed by atoms with Crippen LogP contribution < -0.4 is 15.5 Å². The van der Waals surface area contributed by atoms with Gasteiger partial charge in [-0.15, -0.1) is 0 Å². The Kier molecular flexibility index (Phi) is 5.51. The second-order valence-electron chi connectivity index (χ2n) is 9.11. The molecule has 2 fully saturated rings. The first-order valence-corrected chi connectivity index (χ1v) is 11.8. The van der Waals surface area contributed by atoms with Crippen molar-refractivity contribution in [2.45, 2.75) is 63.6 Å². The summed E-state index contributed by atoms with van der Waals surface area (Å²) in [6.07, 6.45) is 7.12. The van der Waals surface area contributed by atoms with Crippen LogP contribution in [-0.2, 0) is 0 Å². The molecule has 1 saturated heterocycles. The monoisotopic (exact) mass is 403 g/mol. The lowest BCUT2D eigenvalue weighted by molar-refractivity contribution is 0.0937. The van der Waals surface area contributed by atoms with E-state index in [2.05, 4.69) is 64.9 Å². The van der Waals surface area contributed by atoms with Gasteiger partial charge in [0.1, 0.15) is 0 Å². The maximum Gasteiger partial charge on any atom is 0.251 e. The second-order valence-corrected chi connectivity index (χ2v) is 9.11. The van der Waals surface area contributed by atoms with E-state index in [0.29, 0.717) is 24.0 Å². The minimum atomic E-state index is 0.0882. The quantitative estimate of drug-likeness (QED) is 0.757. The predicted molar refractivity (Wildman–Crippen MR) is 122 cm³/mol. The van der Waals surface area contributed by atoms with Crippen LogP contribution in [0.4, 0.5) is 5.69 Å². The molecule has 2 aliphatic heterocycles. The lowest BCUT2D eigenvalue weighted by atomic mass is 9.74. The molecule has 1 amide bonds. The van der Waals surface area contributed by atoms with E-state index in [9.17, 15) is 4.79 Å². The molecule has 0 radical (unpaired) electrons. The molecule has 0 aromatic heterocycles. The number of fused-ring (bicyclic) bond motifs is 3. The first kappa shape index (κ1) is 19.6. The molecule has 3 atom stereocenters. The molecular formula is C26H33N3O. The van der Waals surface area contributed by atoms with Crippen molar-refractivity contribution < 1.29 is 4.79 Å². The van der Waals surface area contributed by atoms with E-state index in [4.69, 9.17) is 0 Å². The fraction of sp³-hybridized carbons (Fsp3) is 0.500. The van der Waals surface area contributed by atoms with Crippen LogP contribution in [0.2, 0.25) is 0 Å². The van der Waals surface area contributed by atoms with Crippen molar-refractivity contribution in [3.8, 4) is 0 Å². The van der Waals surface area contributed by atoms with E-state index in [1.165, 1.54) is 42.5 Å². The molecule has 2 aromatic carbocycles. The number of piperidine rings is 1. The molecule has 1 saturated carbocycles. The summed E-state index contributed by atoms with van der Waals surface area (Å²) in [5, 5.41) is 7.06. The first-order valence-electron chi connectivity index (χ1n) is 11.8. The zero-order valence-corrected chi connectivity index (χ0v) is 17.9. The SMILES string of the molecule is CCN1c2ccc(C(=O)NC3CCCC3)cc2C2NCCCC2C1c1ccccc1. The van der Waals surface area contributed by atoms with Gasteiger partial charge >= 0.3 is 0 Å². The number of nitrogens with zero attached hydrogens (tertiary/aromatic N) is 1. The van der Waals surface area contributed by atoms with Crippen molar-refractivity contribution in [3.05, 3.63) is 65.2 Å². The Morgan fingerprint density at radius 1 is 1.07 bits per heavy atom. The summed E-state index contributed by atoms with van der Waals surface area (Å²) < 4.78 is 0. The van der Waals surface area contributed by atoms with E-state index in [1.807, 2.05) is 6.07 Å². The summed E-state index contributed by atoms with van der Waals surface area (Å²) in [7, 11) is 0. The molecule has 2 N–H and O–H groups in total. The smallest absolute Gasteiger partial charge is 0.251 e. The Bertz CT molecular complexity index is 890. The Morgan fingerprint density at radius 2 is 1.87 bits per heavy atom. The van der Waals surface area contributed by atoms with Crippen LogP contribution in [0.5, 0.6) is 0 Å². The van der Waals surface area contributed by atoms with Crippen LogP contribution in [0, 0.1) is 5.92 Å². The maximum absolute atomic E-state index is 12.9. The highest BCUT2D eigenvalue weighted by molar-refractivity contribution is 5.95.